The highest BCUT2D eigenvalue weighted by Crippen LogP contribution is 2.31. The third-order valence-corrected chi connectivity index (χ3v) is 3.59. The summed E-state index contributed by atoms with van der Waals surface area (Å²) in [6.45, 7) is 7.04. The fourth-order valence-corrected chi connectivity index (χ4v) is 2.65. The van der Waals surface area contributed by atoms with Crippen LogP contribution in [0.1, 0.15) is 45.2 Å². The van der Waals surface area contributed by atoms with Gasteiger partial charge in [-0.3, -0.25) is 0 Å². The van der Waals surface area contributed by atoms with Gasteiger partial charge in [-0.2, -0.15) is 0 Å². The van der Waals surface area contributed by atoms with E-state index >= 15 is 0 Å². The van der Waals surface area contributed by atoms with Crippen molar-refractivity contribution in [2.45, 2.75) is 45.1 Å². The van der Waals surface area contributed by atoms with Crippen molar-refractivity contribution in [1.29, 1.82) is 0 Å². The van der Waals surface area contributed by atoms with Crippen molar-refractivity contribution < 1.29 is 14.6 Å². The Kier molecular flexibility index (Phi) is 3.97. The van der Waals surface area contributed by atoms with Gasteiger partial charge in [0, 0.05) is 44.0 Å². The van der Waals surface area contributed by atoms with Crippen LogP contribution in [-0.4, -0.2) is 39.4 Å². The number of likely N-dealkylation sites (tertiary alicyclic amines) is 1. The summed E-state index contributed by atoms with van der Waals surface area (Å²) in [4.78, 5) is 13.8. The van der Waals surface area contributed by atoms with E-state index < -0.39 is 5.60 Å². The molecule has 1 amide bonds. The van der Waals surface area contributed by atoms with Crippen molar-refractivity contribution in [3.05, 3.63) is 18.0 Å². The molecule has 1 aliphatic heterocycles. The fourth-order valence-electron chi connectivity index (χ4n) is 2.65. The maximum absolute atomic E-state index is 12.0. The molecule has 0 bridgehead atoms. The normalized spacial score (nSPS) is 17.3. The van der Waals surface area contributed by atoms with Crippen molar-refractivity contribution in [3.8, 4) is 5.75 Å². The Hall–Kier alpha value is -1.65. The van der Waals surface area contributed by atoms with Gasteiger partial charge < -0.3 is 19.3 Å². The minimum atomic E-state index is -0.447. The second-order valence-electron chi connectivity index (χ2n) is 6.48. The zero-order chi connectivity index (χ0) is 14.9. The van der Waals surface area contributed by atoms with Gasteiger partial charge in [0.15, 0.2) is 0 Å². The number of piperidine rings is 1. The van der Waals surface area contributed by atoms with Gasteiger partial charge in [0.1, 0.15) is 11.4 Å². The molecule has 5 heteroatoms. The zero-order valence-corrected chi connectivity index (χ0v) is 12.7. The molecular formula is C15H24N2O3. The van der Waals surface area contributed by atoms with Gasteiger partial charge in [0.05, 0.1) is 0 Å². The Labute approximate surface area is 120 Å². The molecular weight excluding hydrogens is 256 g/mol. The Morgan fingerprint density at radius 1 is 1.35 bits per heavy atom. The molecule has 0 aromatic carbocycles. The van der Waals surface area contributed by atoms with Crippen molar-refractivity contribution >= 4 is 6.09 Å². The number of aromatic nitrogens is 1. The number of amides is 1. The lowest BCUT2D eigenvalue weighted by atomic mass is 9.93. The summed E-state index contributed by atoms with van der Waals surface area (Å²) in [6.07, 6.45) is 3.29. The Morgan fingerprint density at radius 2 is 1.95 bits per heavy atom. The number of rotatable bonds is 1. The van der Waals surface area contributed by atoms with Crippen molar-refractivity contribution in [2.75, 3.05) is 13.1 Å². The number of nitrogens with zero attached hydrogens (tertiary/aromatic N) is 2. The van der Waals surface area contributed by atoms with E-state index in [1.165, 1.54) is 0 Å². The first kappa shape index (κ1) is 14.8. The van der Waals surface area contributed by atoms with Crippen LogP contribution < -0.4 is 0 Å². The summed E-state index contributed by atoms with van der Waals surface area (Å²) in [5, 5.41) is 9.53. The maximum Gasteiger partial charge on any atom is 0.410 e. The van der Waals surface area contributed by atoms with Crippen LogP contribution in [0.3, 0.4) is 0 Å². The van der Waals surface area contributed by atoms with Crippen LogP contribution in [-0.2, 0) is 11.8 Å². The molecule has 0 unspecified atom stereocenters. The third-order valence-electron chi connectivity index (χ3n) is 3.59. The number of aryl methyl sites for hydroxylation is 1. The van der Waals surface area contributed by atoms with Crippen LogP contribution in [0.2, 0.25) is 0 Å². The summed E-state index contributed by atoms with van der Waals surface area (Å²) >= 11 is 0. The van der Waals surface area contributed by atoms with Gasteiger partial charge in [0.25, 0.3) is 0 Å². The smallest absolute Gasteiger partial charge is 0.410 e. The number of carbonyl (C=O) groups excluding carboxylic acids is 1. The second-order valence-corrected chi connectivity index (χ2v) is 6.48. The van der Waals surface area contributed by atoms with E-state index in [4.69, 9.17) is 4.74 Å². The first-order chi connectivity index (χ1) is 9.26. The molecule has 1 fully saturated rings. The molecule has 1 aliphatic rings. The molecule has 1 N–H and O–H groups in total. The number of carbonyl (C=O) groups is 1. The maximum atomic E-state index is 12.0. The molecule has 20 heavy (non-hydrogen) atoms. The van der Waals surface area contributed by atoms with E-state index in [9.17, 15) is 9.90 Å². The van der Waals surface area contributed by atoms with Crippen LogP contribution in [0.4, 0.5) is 4.79 Å². The lowest BCUT2D eigenvalue weighted by Crippen LogP contribution is -2.41. The van der Waals surface area contributed by atoms with Gasteiger partial charge in [-0.15, -0.1) is 0 Å². The molecule has 0 atom stereocenters. The van der Waals surface area contributed by atoms with E-state index in [1.807, 2.05) is 38.5 Å². The molecule has 0 saturated carbocycles. The molecule has 112 valence electrons. The van der Waals surface area contributed by atoms with Crippen molar-refractivity contribution in [2.24, 2.45) is 7.05 Å². The van der Waals surface area contributed by atoms with E-state index in [2.05, 4.69) is 0 Å². The number of ether oxygens (including phenoxy) is 1. The van der Waals surface area contributed by atoms with E-state index in [0.29, 0.717) is 24.8 Å². The van der Waals surface area contributed by atoms with Gasteiger partial charge in [0.2, 0.25) is 0 Å². The molecule has 1 aromatic heterocycles. The van der Waals surface area contributed by atoms with Crippen LogP contribution >= 0.6 is 0 Å². The van der Waals surface area contributed by atoms with Crippen molar-refractivity contribution in [1.82, 2.24) is 9.47 Å². The second kappa shape index (κ2) is 5.38. The summed E-state index contributed by atoms with van der Waals surface area (Å²) in [5.41, 5.74) is 0.684. The zero-order valence-electron chi connectivity index (χ0n) is 12.7. The molecule has 1 aromatic rings. The molecule has 2 rings (SSSR count). The van der Waals surface area contributed by atoms with Crippen LogP contribution in [0.15, 0.2) is 12.3 Å². The minimum Gasteiger partial charge on any atom is -0.506 e. The average Bonchev–Trinajstić information content (AvgIpc) is 2.66. The van der Waals surface area contributed by atoms with Crippen LogP contribution in [0.5, 0.6) is 5.75 Å². The van der Waals surface area contributed by atoms with Gasteiger partial charge >= 0.3 is 6.09 Å². The third kappa shape index (κ3) is 3.46. The molecule has 0 aliphatic carbocycles. The van der Waals surface area contributed by atoms with E-state index in [-0.39, 0.29) is 6.09 Å². The quantitative estimate of drug-likeness (QED) is 0.860. The average molecular weight is 280 g/mol. The Morgan fingerprint density at radius 3 is 2.40 bits per heavy atom. The first-order valence-corrected chi connectivity index (χ1v) is 7.09. The first-order valence-electron chi connectivity index (χ1n) is 7.09. The lowest BCUT2D eigenvalue weighted by Gasteiger charge is -2.33. The number of aromatic hydroxyl groups is 1. The molecule has 2 heterocycles. The lowest BCUT2D eigenvalue weighted by molar-refractivity contribution is 0.0203. The van der Waals surface area contributed by atoms with Crippen LogP contribution in [0.25, 0.3) is 0 Å². The summed E-state index contributed by atoms with van der Waals surface area (Å²) in [7, 11) is 1.94. The Bertz CT molecular complexity index is 480. The summed E-state index contributed by atoms with van der Waals surface area (Å²) in [5.74, 6) is 0.691. The highest BCUT2D eigenvalue weighted by atomic mass is 16.6. The molecule has 1 saturated heterocycles. The monoisotopic (exact) mass is 280 g/mol. The summed E-state index contributed by atoms with van der Waals surface area (Å²) < 4.78 is 7.35. The topological polar surface area (TPSA) is 54.7 Å². The van der Waals surface area contributed by atoms with Crippen LogP contribution in [0, 0.1) is 0 Å². The highest BCUT2D eigenvalue weighted by molar-refractivity contribution is 5.68. The Balaban J connectivity index is 1.92. The SMILES string of the molecule is Cn1cc(O)cc1C1CCN(C(=O)OC(C)(C)C)CC1. The van der Waals surface area contributed by atoms with Crippen molar-refractivity contribution in [3.63, 3.8) is 0 Å². The van der Waals surface area contributed by atoms with E-state index in [0.717, 1.165) is 18.5 Å². The molecule has 0 radical (unpaired) electrons. The standard InChI is InChI=1S/C15H24N2O3/c1-15(2,3)20-14(19)17-7-5-11(6-8-17)13-9-12(18)10-16(13)4/h9-11,18H,5-8H2,1-4H3. The number of hydrogen-bond donors (Lipinski definition) is 1. The van der Waals surface area contributed by atoms with E-state index in [1.54, 1.807) is 11.1 Å². The molecule has 0 spiro atoms. The summed E-state index contributed by atoms with van der Waals surface area (Å²) in [6, 6.07) is 1.81. The van der Waals surface area contributed by atoms with Gasteiger partial charge in [-0.25, -0.2) is 4.79 Å². The largest absolute Gasteiger partial charge is 0.506 e. The molecule has 5 nitrogen and oxygen atoms in total. The number of hydrogen-bond acceptors (Lipinski definition) is 3. The minimum absolute atomic E-state index is 0.231. The van der Waals surface area contributed by atoms with Gasteiger partial charge in [-0.1, -0.05) is 0 Å². The van der Waals surface area contributed by atoms with Gasteiger partial charge in [-0.05, 0) is 33.6 Å². The predicted octanol–water partition coefficient (Wildman–Crippen LogP) is 2.85. The highest BCUT2D eigenvalue weighted by Gasteiger charge is 2.28. The fraction of sp³-hybridized carbons (Fsp3) is 0.667. The predicted molar refractivity (Wildman–Crippen MR) is 76.9 cm³/mol.